The molecule has 0 heterocycles. The molecule has 0 aromatic heterocycles. The molecule has 2 aromatic rings. The number of hydrogen-bond acceptors (Lipinski definition) is 5. The molecule has 2 aromatic carbocycles. The summed E-state index contributed by atoms with van der Waals surface area (Å²) in [5.41, 5.74) is 0.994. The second-order valence-electron chi connectivity index (χ2n) is 5.77. The largest absolute Gasteiger partial charge is 0.494 e. The Hall–Kier alpha value is -2.87. The third-order valence-electron chi connectivity index (χ3n) is 3.61. The van der Waals surface area contributed by atoms with Crippen molar-refractivity contribution in [1.29, 1.82) is 0 Å². The predicted octanol–water partition coefficient (Wildman–Crippen LogP) is 3.15. The lowest BCUT2D eigenvalue weighted by atomic mass is 10.2. The van der Waals surface area contributed by atoms with E-state index in [1.54, 1.807) is 31.3 Å². The van der Waals surface area contributed by atoms with Crippen molar-refractivity contribution < 1.29 is 23.9 Å². The molecule has 0 fully saturated rings. The van der Waals surface area contributed by atoms with Crippen LogP contribution < -0.4 is 15.4 Å². The summed E-state index contributed by atoms with van der Waals surface area (Å²) in [6, 6.07) is 13.8. The molecular weight excluding hydrogens is 428 g/mol. The maximum Gasteiger partial charge on any atom is 0.306 e. The summed E-state index contributed by atoms with van der Waals surface area (Å²) in [4.78, 5) is 35.0. The summed E-state index contributed by atoms with van der Waals surface area (Å²) >= 11 is 3.36. The number of esters is 1. The first kappa shape index (κ1) is 21.4. The van der Waals surface area contributed by atoms with Gasteiger partial charge in [-0.05, 0) is 48.9 Å². The highest BCUT2D eigenvalue weighted by Crippen LogP contribution is 2.18. The first-order valence-electron chi connectivity index (χ1n) is 8.64. The first-order valence-corrected chi connectivity index (χ1v) is 9.43. The smallest absolute Gasteiger partial charge is 0.306 e. The zero-order chi connectivity index (χ0) is 20.4. The van der Waals surface area contributed by atoms with Crippen LogP contribution in [0.15, 0.2) is 53.0 Å². The van der Waals surface area contributed by atoms with Crippen LogP contribution in [0.1, 0.15) is 23.2 Å². The van der Waals surface area contributed by atoms with E-state index in [9.17, 15) is 14.4 Å². The van der Waals surface area contributed by atoms with Crippen molar-refractivity contribution in [2.75, 3.05) is 25.6 Å². The van der Waals surface area contributed by atoms with Gasteiger partial charge >= 0.3 is 5.97 Å². The Bertz CT molecular complexity index is 824. The topological polar surface area (TPSA) is 93.7 Å². The molecule has 7 nitrogen and oxygen atoms in total. The quantitative estimate of drug-likeness (QED) is 0.453. The highest BCUT2D eigenvalue weighted by atomic mass is 79.9. The van der Waals surface area contributed by atoms with E-state index in [2.05, 4.69) is 26.6 Å². The fourth-order valence-corrected chi connectivity index (χ4v) is 2.61. The lowest BCUT2D eigenvalue weighted by Gasteiger charge is -2.08. The van der Waals surface area contributed by atoms with Crippen molar-refractivity contribution in [3.63, 3.8) is 0 Å². The van der Waals surface area contributed by atoms with Crippen molar-refractivity contribution >= 4 is 39.4 Å². The number of benzene rings is 2. The molecule has 2 N–H and O–H groups in total. The zero-order valence-corrected chi connectivity index (χ0v) is 17.0. The lowest BCUT2D eigenvalue weighted by Crippen LogP contribution is -2.21. The minimum absolute atomic E-state index is 0.155. The average molecular weight is 449 g/mol. The van der Waals surface area contributed by atoms with E-state index in [-0.39, 0.29) is 18.9 Å². The summed E-state index contributed by atoms with van der Waals surface area (Å²) in [6.07, 6.45) is 0.635. The molecule has 0 unspecified atom stereocenters. The Morgan fingerprint density at radius 2 is 1.82 bits per heavy atom. The lowest BCUT2D eigenvalue weighted by molar-refractivity contribution is -0.147. The van der Waals surface area contributed by atoms with Crippen LogP contribution in [0.5, 0.6) is 5.75 Å². The van der Waals surface area contributed by atoms with E-state index in [1.807, 2.05) is 24.3 Å². The number of halogens is 1. The third kappa shape index (κ3) is 7.40. The van der Waals surface area contributed by atoms with Crippen molar-refractivity contribution in [2.24, 2.45) is 0 Å². The summed E-state index contributed by atoms with van der Waals surface area (Å²) in [7, 11) is 1.54. The van der Waals surface area contributed by atoms with Gasteiger partial charge in [0.05, 0.1) is 6.61 Å². The van der Waals surface area contributed by atoms with Gasteiger partial charge < -0.3 is 20.1 Å². The van der Waals surface area contributed by atoms with Crippen LogP contribution in [-0.2, 0) is 14.3 Å². The van der Waals surface area contributed by atoms with Gasteiger partial charge in [0.2, 0.25) is 0 Å². The Kier molecular flexibility index (Phi) is 8.48. The molecular formula is C20H21BrN2O5. The zero-order valence-electron chi connectivity index (χ0n) is 15.4. The highest BCUT2D eigenvalue weighted by Gasteiger charge is 2.09. The van der Waals surface area contributed by atoms with Crippen molar-refractivity contribution in [2.45, 2.75) is 12.8 Å². The monoisotopic (exact) mass is 448 g/mol. The van der Waals surface area contributed by atoms with Gasteiger partial charge in [-0.2, -0.15) is 0 Å². The SMILES string of the molecule is CNC(=O)c1ccc(NC(=O)COC(=O)CCCOc2cccc(Br)c2)cc1. The molecule has 0 spiro atoms. The van der Waals surface area contributed by atoms with Gasteiger partial charge in [-0.1, -0.05) is 22.0 Å². The van der Waals surface area contributed by atoms with E-state index < -0.39 is 11.9 Å². The molecule has 0 saturated heterocycles. The third-order valence-corrected chi connectivity index (χ3v) is 4.11. The van der Waals surface area contributed by atoms with Crippen LogP contribution in [0.4, 0.5) is 5.69 Å². The number of anilines is 1. The minimum Gasteiger partial charge on any atom is -0.494 e. The normalized spacial score (nSPS) is 10.1. The molecule has 0 aliphatic heterocycles. The number of amides is 2. The Labute approximate surface area is 171 Å². The molecule has 0 atom stereocenters. The van der Waals surface area contributed by atoms with Gasteiger partial charge in [-0.15, -0.1) is 0 Å². The maximum atomic E-state index is 11.8. The van der Waals surface area contributed by atoms with Gasteiger partial charge in [-0.3, -0.25) is 14.4 Å². The molecule has 28 heavy (non-hydrogen) atoms. The molecule has 8 heteroatoms. The van der Waals surface area contributed by atoms with Crippen LogP contribution >= 0.6 is 15.9 Å². The average Bonchev–Trinajstić information content (AvgIpc) is 2.70. The van der Waals surface area contributed by atoms with Crippen LogP contribution in [-0.4, -0.2) is 38.0 Å². The Balaban J connectivity index is 1.63. The Morgan fingerprint density at radius 3 is 2.50 bits per heavy atom. The van der Waals surface area contributed by atoms with Crippen molar-refractivity contribution in [3.8, 4) is 5.75 Å². The van der Waals surface area contributed by atoms with Gasteiger partial charge in [0.25, 0.3) is 11.8 Å². The number of ether oxygens (including phenoxy) is 2. The maximum absolute atomic E-state index is 11.8. The molecule has 0 radical (unpaired) electrons. The molecule has 0 aliphatic rings. The fraction of sp³-hybridized carbons (Fsp3) is 0.250. The number of nitrogens with one attached hydrogen (secondary N) is 2. The molecule has 2 rings (SSSR count). The molecule has 2 amide bonds. The van der Waals surface area contributed by atoms with Crippen LogP contribution in [0.25, 0.3) is 0 Å². The van der Waals surface area contributed by atoms with Gasteiger partial charge in [0.15, 0.2) is 6.61 Å². The van der Waals surface area contributed by atoms with E-state index >= 15 is 0 Å². The van der Waals surface area contributed by atoms with Gasteiger partial charge in [0, 0.05) is 29.2 Å². The number of carbonyl (C=O) groups is 3. The van der Waals surface area contributed by atoms with Crippen LogP contribution in [0.3, 0.4) is 0 Å². The summed E-state index contributed by atoms with van der Waals surface area (Å²) in [6.45, 7) is -0.00203. The van der Waals surface area contributed by atoms with Crippen LogP contribution in [0, 0.1) is 0 Å². The first-order chi connectivity index (χ1) is 13.5. The fourth-order valence-electron chi connectivity index (χ4n) is 2.23. The molecule has 0 bridgehead atoms. The van der Waals surface area contributed by atoms with Crippen LogP contribution in [0.2, 0.25) is 0 Å². The van der Waals surface area contributed by atoms with Crippen molar-refractivity contribution in [1.82, 2.24) is 5.32 Å². The summed E-state index contributed by atoms with van der Waals surface area (Å²) in [5.74, 6) is -0.422. The van der Waals surface area contributed by atoms with E-state index in [4.69, 9.17) is 9.47 Å². The second-order valence-corrected chi connectivity index (χ2v) is 6.69. The number of hydrogen-bond donors (Lipinski definition) is 2. The standard InChI is InChI=1S/C20H21BrN2O5/c1-22-20(26)14-7-9-16(10-8-14)23-18(24)13-28-19(25)6-3-11-27-17-5-2-4-15(21)12-17/h2,4-5,7-10,12H,3,6,11,13H2,1H3,(H,22,26)(H,23,24). The predicted molar refractivity (Wildman–Crippen MR) is 108 cm³/mol. The Morgan fingerprint density at radius 1 is 1.07 bits per heavy atom. The summed E-state index contributed by atoms with van der Waals surface area (Å²) in [5, 5.41) is 5.11. The van der Waals surface area contributed by atoms with E-state index in [0.717, 1.165) is 4.47 Å². The minimum atomic E-state index is -0.469. The molecule has 0 saturated carbocycles. The van der Waals surface area contributed by atoms with E-state index in [0.29, 0.717) is 30.0 Å². The number of carbonyl (C=O) groups excluding carboxylic acids is 3. The summed E-state index contributed by atoms with van der Waals surface area (Å²) < 4.78 is 11.4. The van der Waals surface area contributed by atoms with E-state index in [1.165, 1.54) is 0 Å². The molecule has 148 valence electrons. The van der Waals surface area contributed by atoms with Gasteiger partial charge in [-0.25, -0.2) is 0 Å². The second kappa shape index (κ2) is 11.1. The molecule has 0 aliphatic carbocycles. The number of rotatable bonds is 9. The van der Waals surface area contributed by atoms with Crippen molar-refractivity contribution in [3.05, 3.63) is 58.6 Å². The highest BCUT2D eigenvalue weighted by molar-refractivity contribution is 9.10. The van der Waals surface area contributed by atoms with Gasteiger partial charge in [0.1, 0.15) is 5.75 Å².